The first-order valence-electron chi connectivity index (χ1n) is 8.85. The third-order valence-corrected chi connectivity index (χ3v) is 5.03. The van der Waals surface area contributed by atoms with E-state index in [4.69, 9.17) is 0 Å². The van der Waals surface area contributed by atoms with Gasteiger partial charge in [0, 0.05) is 0 Å². The normalized spacial score (nSPS) is 17.0. The van der Waals surface area contributed by atoms with Crippen LogP contribution in [0.5, 0.6) is 0 Å². The Morgan fingerprint density at radius 2 is 2.04 bits per heavy atom. The molecule has 0 nitrogen and oxygen atoms in total. The van der Waals surface area contributed by atoms with Crippen LogP contribution in [0.4, 0.5) is 4.39 Å². The Labute approximate surface area is 144 Å². The van der Waals surface area contributed by atoms with Gasteiger partial charge in [-0.1, -0.05) is 55.1 Å². The molecule has 1 atom stereocenters. The lowest BCUT2D eigenvalue weighted by Gasteiger charge is -2.26. The molecule has 0 N–H and O–H groups in total. The van der Waals surface area contributed by atoms with Gasteiger partial charge in [-0.15, -0.1) is 0 Å². The predicted molar refractivity (Wildman–Crippen MR) is 101 cm³/mol. The molecule has 1 heteroatoms. The van der Waals surface area contributed by atoms with Crippen molar-refractivity contribution in [1.29, 1.82) is 0 Å². The number of aryl methyl sites for hydroxylation is 2. The monoisotopic (exact) mass is 320 g/mol. The summed E-state index contributed by atoms with van der Waals surface area (Å²) in [5.41, 5.74) is 5.88. The Hall–Kier alpha value is -2.15. The molecule has 0 fully saturated rings. The standard InChI is InChI=1S/C23H25F/c1-3-5-6-7-18-9-13-22(23(24)15-18)21-12-11-19-14-17(4-2)8-10-20(19)16-21/h3-5,8-10,13-15,21H,2,6-7,11-12,16H2,1H3/b5-3+. The van der Waals surface area contributed by atoms with Crippen LogP contribution in [0.2, 0.25) is 0 Å². The van der Waals surface area contributed by atoms with Crippen molar-refractivity contribution >= 4 is 6.08 Å². The average molecular weight is 320 g/mol. The van der Waals surface area contributed by atoms with E-state index in [9.17, 15) is 4.39 Å². The van der Waals surface area contributed by atoms with Crippen LogP contribution in [0.25, 0.3) is 6.08 Å². The molecule has 3 rings (SSSR count). The number of fused-ring (bicyclic) bond motifs is 1. The maximum absolute atomic E-state index is 14.6. The van der Waals surface area contributed by atoms with E-state index >= 15 is 0 Å². The Morgan fingerprint density at radius 3 is 2.79 bits per heavy atom. The summed E-state index contributed by atoms with van der Waals surface area (Å²) in [6, 6.07) is 12.3. The predicted octanol–water partition coefficient (Wildman–Crippen LogP) is 6.25. The molecule has 0 saturated carbocycles. The van der Waals surface area contributed by atoms with E-state index in [2.05, 4.69) is 36.9 Å². The minimum atomic E-state index is -0.0378. The third kappa shape index (κ3) is 3.67. The number of hydrogen-bond donors (Lipinski definition) is 0. The molecule has 1 unspecified atom stereocenters. The highest BCUT2D eigenvalue weighted by Gasteiger charge is 2.22. The van der Waals surface area contributed by atoms with Crippen molar-refractivity contribution in [3.8, 4) is 0 Å². The second kappa shape index (κ2) is 7.61. The Balaban J connectivity index is 1.76. The van der Waals surface area contributed by atoms with Gasteiger partial charge in [0.15, 0.2) is 0 Å². The Bertz CT molecular complexity index is 755. The second-order valence-corrected chi connectivity index (χ2v) is 6.64. The van der Waals surface area contributed by atoms with Crippen molar-refractivity contribution in [3.05, 3.63) is 88.8 Å². The number of allylic oxidation sites excluding steroid dienone is 2. The summed E-state index contributed by atoms with van der Waals surface area (Å²) in [7, 11) is 0. The molecule has 1 aliphatic rings. The molecule has 0 amide bonds. The maximum atomic E-state index is 14.6. The second-order valence-electron chi connectivity index (χ2n) is 6.64. The van der Waals surface area contributed by atoms with Crippen molar-refractivity contribution in [2.24, 2.45) is 0 Å². The number of rotatable bonds is 5. The van der Waals surface area contributed by atoms with Gasteiger partial charge >= 0.3 is 0 Å². The highest BCUT2D eigenvalue weighted by atomic mass is 19.1. The molecule has 0 bridgehead atoms. The minimum absolute atomic E-state index is 0.0378. The molecule has 2 aromatic carbocycles. The highest BCUT2D eigenvalue weighted by molar-refractivity contribution is 5.51. The largest absolute Gasteiger partial charge is 0.207 e. The summed E-state index contributed by atoms with van der Waals surface area (Å²) in [5, 5.41) is 0. The van der Waals surface area contributed by atoms with Crippen molar-refractivity contribution in [2.75, 3.05) is 0 Å². The zero-order valence-corrected chi connectivity index (χ0v) is 14.4. The van der Waals surface area contributed by atoms with Gasteiger partial charge in [0.05, 0.1) is 0 Å². The van der Waals surface area contributed by atoms with Crippen LogP contribution in [0.1, 0.15) is 53.5 Å². The van der Waals surface area contributed by atoms with Crippen LogP contribution in [-0.4, -0.2) is 0 Å². The van der Waals surface area contributed by atoms with Gasteiger partial charge in [-0.2, -0.15) is 0 Å². The van der Waals surface area contributed by atoms with Crippen molar-refractivity contribution in [3.63, 3.8) is 0 Å². The first kappa shape index (κ1) is 16.7. The molecule has 0 saturated heterocycles. The van der Waals surface area contributed by atoms with Crippen LogP contribution >= 0.6 is 0 Å². The number of hydrogen-bond acceptors (Lipinski definition) is 0. The number of benzene rings is 2. The Morgan fingerprint density at radius 1 is 1.17 bits per heavy atom. The maximum Gasteiger partial charge on any atom is 0.126 e. The molecule has 0 spiro atoms. The lowest BCUT2D eigenvalue weighted by molar-refractivity contribution is 0.533. The molecule has 1 aliphatic carbocycles. The van der Waals surface area contributed by atoms with Crippen LogP contribution in [0.15, 0.2) is 55.1 Å². The molecule has 0 aromatic heterocycles. The van der Waals surface area contributed by atoms with E-state index in [0.29, 0.717) is 0 Å². The quantitative estimate of drug-likeness (QED) is 0.571. The van der Waals surface area contributed by atoms with Gasteiger partial charge < -0.3 is 0 Å². The minimum Gasteiger partial charge on any atom is -0.207 e. The molecule has 24 heavy (non-hydrogen) atoms. The topological polar surface area (TPSA) is 0 Å². The average Bonchev–Trinajstić information content (AvgIpc) is 2.61. The molecule has 0 radical (unpaired) electrons. The van der Waals surface area contributed by atoms with E-state index in [1.807, 2.05) is 25.1 Å². The van der Waals surface area contributed by atoms with Crippen LogP contribution in [-0.2, 0) is 19.3 Å². The third-order valence-electron chi connectivity index (χ3n) is 5.03. The first-order chi connectivity index (χ1) is 11.7. The van der Waals surface area contributed by atoms with E-state index in [0.717, 1.165) is 43.2 Å². The van der Waals surface area contributed by atoms with E-state index in [1.54, 1.807) is 6.07 Å². The van der Waals surface area contributed by atoms with Crippen molar-refractivity contribution in [1.82, 2.24) is 0 Å². The highest BCUT2D eigenvalue weighted by Crippen LogP contribution is 2.34. The molecule has 2 aromatic rings. The smallest absolute Gasteiger partial charge is 0.126 e. The fraction of sp³-hybridized carbons (Fsp3) is 0.304. The van der Waals surface area contributed by atoms with Crippen LogP contribution < -0.4 is 0 Å². The van der Waals surface area contributed by atoms with Crippen LogP contribution in [0.3, 0.4) is 0 Å². The van der Waals surface area contributed by atoms with Crippen molar-refractivity contribution in [2.45, 2.75) is 44.9 Å². The Kier molecular flexibility index (Phi) is 5.30. The molecule has 0 heterocycles. The van der Waals surface area contributed by atoms with E-state index in [-0.39, 0.29) is 11.7 Å². The van der Waals surface area contributed by atoms with Gasteiger partial charge in [-0.25, -0.2) is 4.39 Å². The lowest BCUT2D eigenvalue weighted by atomic mass is 9.79. The van der Waals surface area contributed by atoms with Gasteiger partial charge in [-0.3, -0.25) is 0 Å². The summed E-state index contributed by atoms with van der Waals surface area (Å²) < 4.78 is 14.6. The van der Waals surface area contributed by atoms with Crippen LogP contribution in [0, 0.1) is 5.82 Å². The van der Waals surface area contributed by atoms with Gasteiger partial charge in [0.1, 0.15) is 5.82 Å². The fourth-order valence-electron chi connectivity index (χ4n) is 3.64. The lowest BCUT2D eigenvalue weighted by Crippen LogP contribution is -2.14. The summed E-state index contributed by atoms with van der Waals surface area (Å²) in [6.45, 7) is 5.85. The molecule has 124 valence electrons. The zero-order valence-electron chi connectivity index (χ0n) is 14.4. The zero-order chi connectivity index (χ0) is 16.9. The van der Waals surface area contributed by atoms with E-state index < -0.39 is 0 Å². The van der Waals surface area contributed by atoms with Gasteiger partial charge in [0.2, 0.25) is 0 Å². The first-order valence-corrected chi connectivity index (χ1v) is 8.85. The fourth-order valence-corrected chi connectivity index (χ4v) is 3.64. The summed E-state index contributed by atoms with van der Waals surface area (Å²) in [5.74, 6) is 0.251. The van der Waals surface area contributed by atoms with Gasteiger partial charge in [-0.05, 0) is 78.8 Å². The number of halogens is 1. The summed E-state index contributed by atoms with van der Waals surface area (Å²) >= 11 is 0. The molecule has 0 aliphatic heterocycles. The molecular weight excluding hydrogens is 295 g/mol. The van der Waals surface area contributed by atoms with Gasteiger partial charge in [0.25, 0.3) is 0 Å². The summed E-state index contributed by atoms with van der Waals surface area (Å²) in [4.78, 5) is 0. The SMILES string of the molecule is C=Cc1ccc2c(c1)CCC(c1ccc(CC/C=C/C)cc1F)C2. The van der Waals surface area contributed by atoms with Crippen molar-refractivity contribution < 1.29 is 4.39 Å². The summed E-state index contributed by atoms with van der Waals surface area (Å²) in [6.07, 6.45) is 10.9. The molecular formula is C23H25F. The van der Waals surface area contributed by atoms with E-state index in [1.165, 1.54) is 16.7 Å².